The van der Waals surface area contributed by atoms with E-state index >= 15 is 0 Å². The lowest BCUT2D eigenvalue weighted by atomic mass is 9.87. The average Bonchev–Trinajstić information content (AvgIpc) is 2.34. The molecule has 0 radical (unpaired) electrons. The molecule has 7 nitrogen and oxygen atoms in total. The summed E-state index contributed by atoms with van der Waals surface area (Å²) in [6.07, 6.45) is 3.03. The first kappa shape index (κ1) is 14.3. The van der Waals surface area contributed by atoms with Crippen molar-refractivity contribution in [3.8, 4) is 0 Å². The van der Waals surface area contributed by atoms with E-state index in [2.05, 4.69) is 9.99 Å². The van der Waals surface area contributed by atoms with Gasteiger partial charge in [0.05, 0.1) is 0 Å². The molecule has 0 aromatic carbocycles. The second kappa shape index (κ2) is 6.83. The molecule has 0 bridgehead atoms. The molecule has 0 aromatic heterocycles. The van der Waals surface area contributed by atoms with Crippen LogP contribution in [-0.4, -0.2) is 53.1 Å². The second-order valence-corrected chi connectivity index (χ2v) is 4.27. The summed E-state index contributed by atoms with van der Waals surface area (Å²) in [7, 11) is 1.46. The lowest BCUT2D eigenvalue weighted by Crippen LogP contribution is -2.49. The summed E-state index contributed by atoms with van der Waals surface area (Å²) in [4.78, 5) is 27.5. The van der Waals surface area contributed by atoms with Crippen molar-refractivity contribution in [2.45, 2.75) is 31.7 Å². The van der Waals surface area contributed by atoms with E-state index in [1.54, 1.807) is 6.21 Å². The van der Waals surface area contributed by atoms with Crippen molar-refractivity contribution in [2.24, 2.45) is 11.1 Å². The first-order valence-corrected chi connectivity index (χ1v) is 5.83. The zero-order chi connectivity index (χ0) is 13.5. The molecule has 2 unspecified atom stereocenters. The summed E-state index contributed by atoms with van der Waals surface area (Å²) in [6.45, 7) is 0.276. The van der Waals surface area contributed by atoms with E-state index in [-0.39, 0.29) is 12.5 Å². The van der Waals surface area contributed by atoms with E-state index in [4.69, 9.17) is 10.2 Å². The van der Waals surface area contributed by atoms with Crippen molar-refractivity contribution in [1.29, 1.82) is 0 Å². The van der Waals surface area contributed by atoms with Crippen molar-refractivity contribution in [1.82, 2.24) is 4.90 Å². The molecule has 1 heterocycles. The highest BCUT2D eigenvalue weighted by Crippen LogP contribution is 2.26. The molecule has 0 spiro atoms. The lowest BCUT2D eigenvalue weighted by molar-refractivity contribution is -0.144. The van der Waals surface area contributed by atoms with Crippen LogP contribution in [0.25, 0.3) is 0 Å². The van der Waals surface area contributed by atoms with Gasteiger partial charge in [0.15, 0.2) is 0 Å². The molecule has 2 N–H and O–H groups in total. The van der Waals surface area contributed by atoms with Gasteiger partial charge in [0.25, 0.3) is 0 Å². The fraction of sp³-hybridized carbons (Fsp3) is 0.727. The van der Waals surface area contributed by atoms with Gasteiger partial charge in [-0.1, -0.05) is 5.16 Å². The molecular weight excluding hydrogens is 240 g/mol. The van der Waals surface area contributed by atoms with Crippen LogP contribution in [0.2, 0.25) is 0 Å². The number of likely N-dealkylation sites (tertiary alicyclic amines) is 1. The summed E-state index contributed by atoms with van der Waals surface area (Å²) in [5.41, 5.74) is 0. The minimum Gasteiger partial charge on any atom is -0.480 e. The van der Waals surface area contributed by atoms with Crippen LogP contribution in [0.5, 0.6) is 0 Å². The van der Waals surface area contributed by atoms with Gasteiger partial charge in [-0.15, -0.1) is 0 Å². The number of hydrogen-bond donors (Lipinski definition) is 2. The molecule has 0 aliphatic carbocycles. The van der Waals surface area contributed by atoms with Crippen LogP contribution < -0.4 is 0 Å². The molecule has 1 aliphatic heterocycles. The predicted molar refractivity (Wildman–Crippen MR) is 63.6 cm³/mol. The van der Waals surface area contributed by atoms with Crippen LogP contribution in [-0.2, 0) is 9.63 Å². The smallest absolute Gasteiger partial charge is 0.408 e. The largest absolute Gasteiger partial charge is 0.480 e. The Labute approximate surface area is 105 Å². The number of aliphatic carboxylic acids is 1. The van der Waals surface area contributed by atoms with Gasteiger partial charge in [0.1, 0.15) is 13.2 Å². The topological polar surface area (TPSA) is 99.4 Å². The monoisotopic (exact) mass is 258 g/mol. The molecular formula is C11H18N2O5. The van der Waals surface area contributed by atoms with Crippen LogP contribution in [0.1, 0.15) is 25.7 Å². The summed E-state index contributed by atoms with van der Waals surface area (Å²) in [5, 5.41) is 21.6. The molecule has 1 amide bonds. The molecule has 1 saturated heterocycles. The molecule has 1 fully saturated rings. The van der Waals surface area contributed by atoms with Crippen molar-refractivity contribution in [3.05, 3.63) is 0 Å². The summed E-state index contributed by atoms with van der Waals surface area (Å²) < 4.78 is 0. The molecule has 1 aliphatic rings. The number of hydrogen-bond acceptors (Lipinski definition) is 4. The maximum atomic E-state index is 11.0. The van der Waals surface area contributed by atoms with Gasteiger partial charge in [-0.3, -0.25) is 4.90 Å². The van der Waals surface area contributed by atoms with Crippen molar-refractivity contribution in [2.75, 3.05) is 13.7 Å². The van der Waals surface area contributed by atoms with Gasteiger partial charge in [0, 0.05) is 12.8 Å². The summed E-state index contributed by atoms with van der Waals surface area (Å²) >= 11 is 0. The van der Waals surface area contributed by atoms with E-state index in [1.807, 2.05) is 0 Å². The van der Waals surface area contributed by atoms with Gasteiger partial charge >= 0.3 is 12.1 Å². The number of amides is 1. The number of piperidine rings is 1. The number of rotatable bonds is 5. The lowest BCUT2D eigenvalue weighted by Gasteiger charge is -2.35. The summed E-state index contributed by atoms with van der Waals surface area (Å²) in [5.74, 6) is -0.863. The zero-order valence-electron chi connectivity index (χ0n) is 10.3. The Balaban J connectivity index is 2.50. The van der Waals surface area contributed by atoms with E-state index in [0.29, 0.717) is 19.3 Å². The summed E-state index contributed by atoms with van der Waals surface area (Å²) in [6, 6.07) is -0.930. The maximum absolute atomic E-state index is 11.0. The highest BCUT2D eigenvalue weighted by molar-refractivity contribution is 5.79. The van der Waals surface area contributed by atoms with Crippen LogP contribution in [0, 0.1) is 5.92 Å². The first-order valence-electron chi connectivity index (χ1n) is 5.83. The molecule has 1 rings (SSSR count). The van der Waals surface area contributed by atoms with Crippen LogP contribution in [0.3, 0.4) is 0 Å². The number of carboxylic acid groups (broad SMARTS) is 2. The van der Waals surface area contributed by atoms with E-state index in [9.17, 15) is 9.59 Å². The average molecular weight is 258 g/mol. The zero-order valence-corrected chi connectivity index (χ0v) is 10.3. The number of oxime groups is 1. The third-order valence-corrected chi connectivity index (χ3v) is 3.13. The minimum absolute atomic E-state index is 0.213. The second-order valence-electron chi connectivity index (χ2n) is 4.27. The third kappa shape index (κ3) is 3.90. The normalized spacial score (nSPS) is 24.2. The van der Waals surface area contributed by atoms with Crippen LogP contribution in [0.4, 0.5) is 4.79 Å². The number of carboxylic acids is 1. The minimum atomic E-state index is -1.17. The first-order chi connectivity index (χ1) is 8.56. The Hall–Kier alpha value is -1.79. The van der Waals surface area contributed by atoms with Crippen molar-refractivity contribution >= 4 is 18.3 Å². The van der Waals surface area contributed by atoms with Crippen molar-refractivity contribution in [3.63, 3.8) is 0 Å². The standard InChI is InChI=1S/C11H18N2O5/c1-18-12-5-2-3-8-4-6-13(11(16)17)9(7-8)10(14)15/h5,8-9H,2-4,6-7H2,1H3,(H,14,15)(H,16,17)/b12-5+. The predicted octanol–water partition coefficient (Wildman–Crippen LogP) is 1.24. The van der Waals surface area contributed by atoms with Crippen LogP contribution in [0.15, 0.2) is 5.16 Å². The van der Waals surface area contributed by atoms with Gasteiger partial charge in [0.2, 0.25) is 0 Å². The van der Waals surface area contributed by atoms with Gasteiger partial charge < -0.3 is 15.1 Å². The van der Waals surface area contributed by atoms with Gasteiger partial charge in [-0.25, -0.2) is 9.59 Å². The quantitative estimate of drug-likeness (QED) is 0.571. The van der Waals surface area contributed by atoms with Gasteiger partial charge in [-0.05, 0) is 31.6 Å². The molecule has 18 heavy (non-hydrogen) atoms. The Kier molecular flexibility index (Phi) is 5.41. The fourth-order valence-electron chi connectivity index (χ4n) is 2.20. The number of carbonyl (C=O) groups is 2. The van der Waals surface area contributed by atoms with Gasteiger partial charge in [-0.2, -0.15) is 0 Å². The maximum Gasteiger partial charge on any atom is 0.408 e. The Morgan fingerprint density at radius 3 is 2.78 bits per heavy atom. The molecule has 0 saturated carbocycles. The molecule has 2 atom stereocenters. The Bertz CT molecular complexity index is 331. The molecule has 102 valence electrons. The molecule has 7 heteroatoms. The third-order valence-electron chi connectivity index (χ3n) is 3.13. The Morgan fingerprint density at radius 2 is 2.22 bits per heavy atom. The highest BCUT2D eigenvalue weighted by atomic mass is 16.6. The Morgan fingerprint density at radius 1 is 1.50 bits per heavy atom. The number of nitrogens with zero attached hydrogens (tertiary/aromatic N) is 2. The fourth-order valence-corrected chi connectivity index (χ4v) is 2.20. The van der Waals surface area contributed by atoms with E-state index in [1.165, 1.54) is 7.11 Å². The van der Waals surface area contributed by atoms with Crippen molar-refractivity contribution < 1.29 is 24.6 Å². The molecule has 0 aromatic rings. The van der Waals surface area contributed by atoms with E-state index in [0.717, 1.165) is 11.3 Å². The van der Waals surface area contributed by atoms with Crippen LogP contribution >= 0.6 is 0 Å². The van der Waals surface area contributed by atoms with E-state index < -0.39 is 18.1 Å². The highest BCUT2D eigenvalue weighted by Gasteiger charge is 2.35. The SMILES string of the molecule is CO/N=C/CCC1CCN(C(=O)O)C(C(=O)O)C1.